The monoisotopic (exact) mass is 384 g/mol. The fourth-order valence-electron chi connectivity index (χ4n) is 3.31. The molecule has 5 heteroatoms. The van der Waals surface area contributed by atoms with Gasteiger partial charge in [-0.25, -0.2) is 4.98 Å². The quantitative estimate of drug-likeness (QED) is 0.596. The van der Waals surface area contributed by atoms with Crippen molar-refractivity contribution in [1.82, 2.24) is 14.7 Å². The van der Waals surface area contributed by atoms with Gasteiger partial charge < -0.3 is 9.72 Å². The van der Waals surface area contributed by atoms with Crippen LogP contribution in [0, 0.1) is 12.8 Å². The van der Waals surface area contributed by atoms with Crippen molar-refractivity contribution in [2.45, 2.75) is 52.4 Å². The first kappa shape index (κ1) is 19.7. The van der Waals surface area contributed by atoms with Crippen molar-refractivity contribution in [3.8, 4) is 0 Å². The minimum atomic E-state index is 0.0891. The molecule has 1 unspecified atom stereocenters. The maximum absolute atomic E-state index is 6.17. The summed E-state index contributed by atoms with van der Waals surface area (Å²) in [6, 6.07) is 1.94. The number of aryl methyl sites for hydroxylation is 1. The number of rotatable bonds is 8. The SMILES string of the molecule is C=C(N/C(=C/C(=NC)C1CC1)CCC)C(C)c1cn2cc(Cl)cc(C)c2n1. The van der Waals surface area contributed by atoms with Crippen molar-refractivity contribution in [1.29, 1.82) is 0 Å². The van der Waals surface area contributed by atoms with Gasteiger partial charge in [-0.1, -0.05) is 38.4 Å². The van der Waals surface area contributed by atoms with E-state index in [1.807, 2.05) is 36.8 Å². The highest BCUT2D eigenvalue weighted by Crippen LogP contribution is 2.32. The Kier molecular flexibility index (Phi) is 6.05. The summed E-state index contributed by atoms with van der Waals surface area (Å²) in [5.74, 6) is 0.729. The van der Waals surface area contributed by atoms with Crippen molar-refractivity contribution in [2.75, 3.05) is 7.05 Å². The smallest absolute Gasteiger partial charge is 0.140 e. The largest absolute Gasteiger partial charge is 0.362 e. The summed E-state index contributed by atoms with van der Waals surface area (Å²) in [5.41, 5.74) is 6.33. The molecular formula is C22H29ClN4. The van der Waals surface area contributed by atoms with E-state index >= 15 is 0 Å². The minimum Gasteiger partial charge on any atom is -0.362 e. The van der Waals surface area contributed by atoms with Crippen LogP contribution in [0.5, 0.6) is 0 Å². The topological polar surface area (TPSA) is 41.7 Å². The highest BCUT2D eigenvalue weighted by atomic mass is 35.5. The molecule has 144 valence electrons. The highest BCUT2D eigenvalue weighted by molar-refractivity contribution is 6.30. The maximum atomic E-state index is 6.17. The van der Waals surface area contributed by atoms with Crippen LogP contribution in [0.4, 0.5) is 0 Å². The second kappa shape index (κ2) is 8.30. The Hall–Kier alpha value is -2.07. The third kappa shape index (κ3) is 4.62. The van der Waals surface area contributed by atoms with Crippen LogP contribution in [0.25, 0.3) is 5.65 Å². The number of pyridine rings is 1. The van der Waals surface area contributed by atoms with Crippen LogP contribution in [0.3, 0.4) is 0 Å². The molecule has 1 N–H and O–H groups in total. The second-order valence-corrected chi connectivity index (χ2v) is 7.89. The minimum absolute atomic E-state index is 0.0891. The number of hydrogen-bond acceptors (Lipinski definition) is 3. The number of nitrogens with one attached hydrogen (secondary N) is 1. The summed E-state index contributed by atoms with van der Waals surface area (Å²) in [6.45, 7) is 10.6. The summed E-state index contributed by atoms with van der Waals surface area (Å²) in [6.07, 6.45) is 10.7. The van der Waals surface area contributed by atoms with E-state index in [0.29, 0.717) is 10.9 Å². The Morgan fingerprint density at radius 3 is 2.85 bits per heavy atom. The molecule has 1 fully saturated rings. The third-order valence-corrected chi connectivity index (χ3v) is 5.31. The summed E-state index contributed by atoms with van der Waals surface area (Å²) in [7, 11) is 1.88. The van der Waals surface area contributed by atoms with E-state index in [1.54, 1.807) is 0 Å². The summed E-state index contributed by atoms with van der Waals surface area (Å²) in [4.78, 5) is 9.27. The molecule has 4 nitrogen and oxygen atoms in total. The molecule has 0 saturated heterocycles. The number of imidazole rings is 1. The lowest BCUT2D eigenvalue weighted by molar-refractivity contribution is 0.738. The normalized spacial score (nSPS) is 16.6. The molecule has 27 heavy (non-hydrogen) atoms. The number of nitrogens with zero attached hydrogens (tertiary/aromatic N) is 3. The zero-order valence-corrected chi connectivity index (χ0v) is 17.5. The van der Waals surface area contributed by atoms with E-state index in [4.69, 9.17) is 16.6 Å². The molecule has 1 aliphatic rings. The van der Waals surface area contributed by atoms with Crippen molar-refractivity contribution in [2.24, 2.45) is 10.9 Å². The molecule has 0 aromatic carbocycles. The number of aliphatic imine (C=N–C) groups is 1. The maximum Gasteiger partial charge on any atom is 0.140 e. The number of allylic oxidation sites excluding steroid dienone is 3. The first-order chi connectivity index (χ1) is 12.9. The zero-order chi connectivity index (χ0) is 19.6. The van der Waals surface area contributed by atoms with Gasteiger partial charge in [0.15, 0.2) is 0 Å². The van der Waals surface area contributed by atoms with E-state index in [-0.39, 0.29) is 5.92 Å². The van der Waals surface area contributed by atoms with Crippen LogP contribution in [0.1, 0.15) is 56.7 Å². The lowest BCUT2D eigenvalue weighted by atomic mass is 10.0. The molecule has 0 aliphatic heterocycles. The molecule has 2 heterocycles. The van der Waals surface area contributed by atoms with Gasteiger partial charge in [0.2, 0.25) is 0 Å². The fourth-order valence-corrected chi connectivity index (χ4v) is 3.58. The number of fused-ring (bicyclic) bond motifs is 1. The van der Waals surface area contributed by atoms with Gasteiger partial charge in [-0.05, 0) is 43.9 Å². The average molecular weight is 385 g/mol. The predicted molar refractivity (Wildman–Crippen MR) is 115 cm³/mol. The molecule has 0 radical (unpaired) electrons. The summed E-state index contributed by atoms with van der Waals surface area (Å²) >= 11 is 6.17. The van der Waals surface area contributed by atoms with Gasteiger partial charge in [0, 0.05) is 48.4 Å². The van der Waals surface area contributed by atoms with E-state index < -0.39 is 0 Å². The van der Waals surface area contributed by atoms with E-state index in [1.165, 1.54) is 24.3 Å². The molecule has 2 aromatic rings. The Bertz CT molecular complexity index is 902. The number of aromatic nitrogens is 2. The molecule has 1 aliphatic carbocycles. The van der Waals surface area contributed by atoms with E-state index in [2.05, 4.69) is 36.8 Å². The van der Waals surface area contributed by atoms with Gasteiger partial charge in [-0.3, -0.25) is 4.99 Å². The van der Waals surface area contributed by atoms with Crippen LogP contribution in [0.2, 0.25) is 5.02 Å². The Morgan fingerprint density at radius 2 is 2.22 bits per heavy atom. The number of hydrogen-bond donors (Lipinski definition) is 1. The van der Waals surface area contributed by atoms with Gasteiger partial charge in [-0.15, -0.1) is 0 Å². The Balaban J connectivity index is 1.79. The molecule has 0 spiro atoms. The molecule has 0 amide bonds. The zero-order valence-electron chi connectivity index (χ0n) is 16.7. The second-order valence-electron chi connectivity index (χ2n) is 7.45. The summed E-state index contributed by atoms with van der Waals surface area (Å²) < 4.78 is 1.99. The van der Waals surface area contributed by atoms with E-state index in [9.17, 15) is 0 Å². The molecule has 0 bridgehead atoms. The van der Waals surface area contributed by atoms with Crippen LogP contribution < -0.4 is 5.32 Å². The first-order valence-electron chi connectivity index (χ1n) is 9.70. The van der Waals surface area contributed by atoms with Gasteiger partial charge in [0.05, 0.1) is 10.7 Å². The van der Waals surface area contributed by atoms with Crippen LogP contribution >= 0.6 is 11.6 Å². The third-order valence-electron chi connectivity index (χ3n) is 5.10. The summed E-state index contributed by atoms with van der Waals surface area (Å²) in [5, 5.41) is 4.26. The standard InChI is InChI=1S/C22H29ClN4/c1-6-7-19(11-20(24-5)17-8-9-17)25-16(4)15(3)21-13-27-12-18(23)10-14(2)22(27)26-21/h10-13,15,17,25H,4,6-9H2,1-3,5H3/b19-11+,24-20?. The lowest BCUT2D eigenvalue weighted by Gasteiger charge is -2.18. The van der Waals surface area contributed by atoms with Crippen molar-refractivity contribution >= 4 is 23.0 Å². The van der Waals surface area contributed by atoms with Crippen LogP contribution in [0.15, 0.2) is 47.5 Å². The molecular weight excluding hydrogens is 356 g/mol. The molecule has 1 atom stereocenters. The number of halogens is 1. The Morgan fingerprint density at radius 1 is 1.48 bits per heavy atom. The first-order valence-corrected chi connectivity index (χ1v) is 10.1. The van der Waals surface area contributed by atoms with Crippen LogP contribution in [-0.2, 0) is 0 Å². The lowest BCUT2D eigenvalue weighted by Crippen LogP contribution is -2.18. The van der Waals surface area contributed by atoms with Gasteiger partial charge in [0.25, 0.3) is 0 Å². The molecule has 3 rings (SSSR count). The molecule has 1 saturated carbocycles. The van der Waals surface area contributed by atoms with Crippen molar-refractivity contribution < 1.29 is 0 Å². The Labute approximate surface area is 167 Å². The highest BCUT2D eigenvalue weighted by Gasteiger charge is 2.26. The van der Waals surface area contributed by atoms with Crippen LogP contribution in [-0.4, -0.2) is 22.1 Å². The van der Waals surface area contributed by atoms with Crippen molar-refractivity contribution in [3.63, 3.8) is 0 Å². The van der Waals surface area contributed by atoms with E-state index in [0.717, 1.165) is 35.4 Å². The predicted octanol–water partition coefficient (Wildman–Crippen LogP) is 5.67. The fraction of sp³-hybridized carbons (Fsp3) is 0.455. The van der Waals surface area contributed by atoms with Crippen molar-refractivity contribution in [3.05, 3.63) is 58.8 Å². The molecule has 2 aromatic heterocycles. The van der Waals surface area contributed by atoms with Gasteiger partial charge >= 0.3 is 0 Å². The van der Waals surface area contributed by atoms with Gasteiger partial charge in [0.1, 0.15) is 5.65 Å². The van der Waals surface area contributed by atoms with Gasteiger partial charge in [-0.2, -0.15) is 0 Å². The average Bonchev–Trinajstić information content (AvgIpc) is 3.37.